The van der Waals surface area contributed by atoms with Gasteiger partial charge in [-0.25, -0.2) is 0 Å². The largest absolute Gasteiger partial charge is 0.314 e. The Bertz CT molecular complexity index is 187. The molecule has 0 aromatic heterocycles. The van der Waals surface area contributed by atoms with Gasteiger partial charge in [-0.1, -0.05) is 20.8 Å². The highest BCUT2D eigenvalue weighted by Gasteiger charge is 2.34. The van der Waals surface area contributed by atoms with E-state index in [1.54, 1.807) is 0 Å². The first-order valence-electron chi connectivity index (χ1n) is 6.33. The molecule has 0 aromatic carbocycles. The van der Waals surface area contributed by atoms with E-state index < -0.39 is 0 Å². The zero-order chi connectivity index (χ0) is 11.5. The smallest absolute Gasteiger partial charge is 0.0108 e. The van der Waals surface area contributed by atoms with Crippen LogP contribution in [0.15, 0.2) is 0 Å². The highest BCUT2D eigenvalue weighted by molar-refractivity contribution is 4.89. The molecule has 2 nitrogen and oxygen atoms in total. The number of rotatable bonds is 4. The Kier molecular flexibility index (Phi) is 4.60. The molecule has 1 rings (SSSR count). The normalized spacial score (nSPS) is 30.8. The maximum Gasteiger partial charge on any atom is 0.0108 e. The van der Waals surface area contributed by atoms with E-state index in [4.69, 9.17) is 0 Å². The molecule has 0 spiro atoms. The molecular weight excluding hydrogens is 184 g/mol. The van der Waals surface area contributed by atoms with E-state index in [-0.39, 0.29) is 0 Å². The van der Waals surface area contributed by atoms with Crippen molar-refractivity contribution >= 4 is 0 Å². The Morgan fingerprint density at radius 1 is 1.33 bits per heavy atom. The molecule has 1 N–H and O–H groups in total. The number of nitrogens with zero attached hydrogens (tertiary/aromatic N) is 1. The molecule has 0 saturated heterocycles. The fourth-order valence-corrected chi connectivity index (χ4v) is 2.93. The van der Waals surface area contributed by atoms with E-state index in [9.17, 15) is 0 Å². The predicted octanol–water partition coefficient (Wildman–Crippen LogP) is 2.35. The van der Waals surface area contributed by atoms with Gasteiger partial charge in [0.1, 0.15) is 0 Å². The lowest BCUT2D eigenvalue weighted by Crippen LogP contribution is -2.46. The van der Waals surface area contributed by atoms with Gasteiger partial charge in [-0.2, -0.15) is 0 Å². The number of hydrogen-bond donors (Lipinski definition) is 1. The second-order valence-electron chi connectivity index (χ2n) is 6.09. The predicted molar refractivity (Wildman–Crippen MR) is 67.1 cm³/mol. The van der Waals surface area contributed by atoms with E-state index in [0.29, 0.717) is 5.41 Å². The highest BCUT2D eigenvalue weighted by Crippen LogP contribution is 2.38. The zero-order valence-electron chi connectivity index (χ0n) is 11.1. The molecule has 90 valence electrons. The Hall–Kier alpha value is -0.0800. The summed E-state index contributed by atoms with van der Waals surface area (Å²) < 4.78 is 0. The van der Waals surface area contributed by atoms with Crippen LogP contribution in [0.3, 0.4) is 0 Å². The molecule has 1 fully saturated rings. The summed E-state index contributed by atoms with van der Waals surface area (Å²) in [7, 11) is 4.37. The van der Waals surface area contributed by atoms with Crippen molar-refractivity contribution in [2.24, 2.45) is 11.3 Å². The first kappa shape index (κ1) is 13.0. The van der Waals surface area contributed by atoms with Crippen molar-refractivity contribution in [1.29, 1.82) is 0 Å². The lowest BCUT2D eigenvalue weighted by atomic mass is 9.69. The van der Waals surface area contributed by atoms with Crippen LogP contribution < -0.4 is 5.32 Å². The van der Waals surface area contributed by atoms with Gasteiger partial charge in [0.15, 0.2) is 0 Å². The maximum absolute atomic E-state index is 3.65. The Morgan fingerprint density at radius 2 is 2.00 bits per heavy atom. The Morgan fingerprint density at radius 3 is 2.53 bits per heavy atom. The van der Waals surface area contributed by atoms with Crippen LogP contribution in [0.1, 0.15) is 40.0 Å². The molecule has 2 heteroatoms. The molecular formula is C13H28N2. The van der Waals surface area contributed by atoms with Gasteiger partial charge in [0.2, 0.25) is 0 Å². The molecule has 0 bridgehead atoms. The third-order valence-electron chi connectivity index (χ3n) is 3.58. The summed E-state index contributed by atoms with van der Waals surface area (Å²) in [6.45, 7) is 9.37. The second-order valence-corrected chi connectivity index (χ2v) is 6.09. The lowest BCUT2D eigenvalue weighted by molar-refractivity contribution is 0.116. The third-order valence-corrected chi connectivity index (χ3v) is 3.58. The molecule has 15 heavy (non-hydrogen) atoms. The van der Waals surface area contributed by atoms with Crippen LogP contribution in [-0.4, -0.2) is 38.1 Å². The molecule has 2 atom stereocenters. The summed E-state index contributed by atoms with van der Waals surface area (Å²) >= 11 is 0. The molecule has 0 amide bonds. The van der Waals surface area contributed by atoms with Gasteiger partial charge in [-0.3, -0.25) is 0 Å². The van der Waals surface area contributed by atoms with Gasteiger partial charge in [-0.15, -0.1) is 0 Å². The SMILES string of the molecule is CCNC1CCC(C)(C)CC1CN(C)C. The van der Waals surface area contributed by atoms with Crippen LogP contribution in [0.25, 0.3) is 0 Å². The third kappa shape index (κ3) is 4.12. The van der Waals surface area contributed by atoms with E-state index in [0.717, 1.165) is 18.5 Å². The van der Waals surface area contributed by atoms with Crippen molar-refractivity contribution in [1.82, 2.24) is 10.2 Å². The summed E-state index contributed by atoms with van der Waals surface area (Å²) in [6, 6.07) is 0.741. The average molecular weight is 212 g/mol. The molecule has 0 radical (unpaired) electrons. The van der Waals surface area contributed by atoms with Crippen molar-refractivity contribution in [3.63, 3.8) is 0 Å². The van der Waals surface area contributed by atoms with Gasteiger partial charge in [0, 0.05) is 12.6 Å². The quantitative estimate of drug-likeness (QED) is 0.769. The fourth-order valence-electron chi connectivity index (χ4n) is 2.93. The Labute approximate surface area is 95.4 Å². The minimum absolute atomic E-state index is 0.548. The van der Waals surface area contributed by atoms with Gasteiger partial charge < -0.3 is 10.2 Å². The summed E-state index contributed by atoms with van der Waals surface area (Å²) in [5.41, 5.74) is 0.548. The van der Waals surface area contributed by atoms with Crippen molar-refractivity contribution in [2.75, 3.05) is 27.2 Å². The van der Waals surface area contributed by atoms with E-state index in [1.165, 1.54) is 25.8 Å². The second kappa shape index (κ2) is 5.31. The zero-order valence-corrected chi connectivity index (χ0v) is 11.1. The molecule has 0 aliphatic heterocycles. The van der Waals surface area contributed by atoms with Gasteiger partial charge in [0.05, 0.1) is 0 Å². The van der Waals surface area contributed by atoms with Gasteiger partial charge in [-0.05, 0) is 51.2 Å². The fraction of sp³-hybridized carbons (Fsp3) is 1.00. The van der Waals surface area contributed by atoms with Crippen molar-refractivity contribution in [3.05, 3.63) is 0 Å². The van der Waals surface area contributed by atoms with Gasteiger partial charge >= 0.3 is 0 Å². The summed E-state index contributed by atoms with van der Waals surface area (Å²) in [5.74, 6) is 0.823. The van der Waals surface area contributed by atoms with Crippen LogP contribution in [-0.2, 0) is 0 Å². The molecule has 1 aliphatic rings. The van der Waals surface area contributed by atoms with E-state index in [1.807, 2.05) is 0 Å². The summed E-state index contributed by atoms with van der Waals surface area (Å²) in [4.78, 5) is 2.33. The molecule has 2 unspecified atom stereocenters. The maximum atomic E-state index is 3.65. The van der Waals surface area contributed by atoms with Gasteiger partial charge in [0.25, 0.3) is 0 Å². The van der Waals surface area contributed by atoms with Crippen LogP contribution in [0.2, 0.25) is 0 Å². The van der Waals surface area contributed by atoms with Crippen molar-refractivity contribution in [3.8, 4) is 0 Å². The van der Waals surface area contributed by atoms with Crippen molar-refractivity contribution in [2.45, 2.75) is 46.1 Å². The van der Waals surface area contributed by atoms with Crippen molar-refractivity contribution < 1.29 is 0 Å². The number of hydrogen-bond acceptors (Lipinski definition) is 2. The first-order valence-corrected chi connectivity index (χ1v) is 6.33. The first-order chi connectivity index (χ1) is 6.94. The Balaban J connectivity index is 2.56. The minimum Gasteiger partial charge on any atom is -0.314 e. The molecule has 1 aliphatic carbocycles. The molecule has 0 heterocycles. The van der Waals surface area contributed by atoms with E-state index >= 15 is 0 Å². The molecule has 1 saturated carbocycles. The van der Waals surface area contributed by atoms with Crippen LogP contribution >= 0.6 is 0 Å². The lowest BCUT2D eigenvalue weighted by Gasteiger charge is -2.42. The summed E-state index contributed by atoms with van der Waals surface area (Å²) in [5, 5.41) is 3.65. The molecule has 0 aromatic rings. The topological polar surface area (TPSA) is 15.3 Å². The van der Waals surface area contributed by atoms with E-state index in [2.05, 4.69) is 45.1 Å². The standard InChI is InChI=1S/C13H28N2/c1-6-14-12-7-8-13(2,3)9-11(12)10-15(4)5/h11-12,14H,6-10H2,1-5H3. The minimum atomic E-state index is 0.548. The van der Waals surface area contributed by atoms with Crippen LogP contribution in [0.4, 0.5) is 0 Å². The summed E-state index contributed by atoms with van der Waals surface area (Å²) in [6.07, 6.45) is 4.08. The monoisotopic (exact) mass is 212 g/mol. The average Bonchev–Trinajstić information content (AvgIpc) is 2.08. The highest BCUT2D eigenvalue weighted by atomic mass is 15.1. The van der Waals surface area contributed by atoms with Crippen LogP contribution in [0, 0.1) is 11.3 Å². The van der Waals surface area contributed by atoms with Crippen LogP contribution in [0.5, 0.6) is 0 Å². The number of nitrogens with one attached hydrogen (secondary N) is 1.